The van der Waals surface area contributed by atoms with E-state index >= 15 is 0 Å². The van der Waals surface area contributed by atoms with Crippen molar-refractivity contribution in [3.05, 3.63) is 0 Å². The minimum atomic E-state index is -0.252. The molecule has 2 nitrogen and oxygen atoms in total. The van der Waals surface area contributed by atoms with E-state index in [-0.39, 0.29) is 5.54 Å². The molecule has 1 unspecified atom stereocenters. The van der Waals surface area contributed by atoms with Gasteiger partial charge >= 0.3 is 0 Å². The molecule has 0 N–H and O–H groups in total. The fourth-order valence-electron chi connectivity index (χ4n) is 2.21. The van der Waals surface area contributed by atoms with E-state index in [0.717, 1.165) is 32.4 Å². The van der Waals surface area contributed by atoms with Crippen LogP contribution in [0.2, 0.25) is 0 Å². The maximum Gasteiger partial charge on any atom is 0.152 e. The fraction of sp³-hybridized carbons (Fsp3) is 0.929. The van der Waals surface area contributed by atoms with Crippen LogP contribution in [-0.2, 0) is 4.79 Å². The molecule has 0 heterocycles. The van der Waals surface area contributed by atoms with Crippen LogP contribution in [0.5, 0.6) is 0 Å². The Morgan fingerprint density at radius 1 is 1.19 bits per heavy atom. The van der Waals surface area contributed by atoms with Gasteiger partial charge in [0.05, 0.1) is 5.54 Å². The number of ketones is 1. The highest BCUT2D eigenvalue weighted by Gasteiger charge is 2.35. The van der Waals surface area contributed by atoms with E-state index < -0.39 is 0 Å². The molecule has 2 heteroatoms. The van der Waals surface area contributed by atoms with Crippen molar-refractivity contribution in [2.45, 2.75) is 66.3 Å². The number of carbonyl (C=O) groups is 1. The highest BCUT2D eigenvalue weighted by Crippen LogP contribution is 2.23. The molecule has 96 valence electrons. The summed E-state index contributed by atoms with van der Waals surface area (Å²) in [6, 6.07) is 0. The van der Waals surface area contributed by atoms with Crippen molar-refractivity contribution in [1.29, 1.82) is 0 Å². The number of hydrogen-bond acceptors (Lipinski definition) is 2. The van der Waals surface area contributed by atoms with Gasteiger partial charge in [-0.1, -0.05) is 34.6 Å². The van der Waals surface area contributed by atoms with Gasteiger partial charge in [0.2, 0.25) is 0 Å². The average molecular weight is 227 g/mol. The normalized spacial score (nSPS) is 15.5. The number of rotatable bonds is 8. The third-order valence-corrected chi connectivity index (χ3v) is 3.70. The largest absolute Gasteiger partial charge is 0.298 e. The first-order chi connectivity index (χ1) is 7.42. The van der Waals surface area contributed by atoms with Gasteiger partial charge in [-0.25, -0.2) is 0 Å². The highest BCUT2D eigenvalue weighted by molar-refractivity contribution is 5.87. The molecule has 0 radical (unpaired) electrons. The van der Waals surface area contributed by atoms with Crippen molar-refractivity contribution in [1.82, 2.24) is 4.90 Å². The minimum Gasteiger partial charge on any atom is -0.298 e. The third kappa shape index (κ3) is 3.89. The molecule has 0 rings (SSSR count). The van der Waals surface area contributed by atoms with Crippen molar-refractivity contribution in [3.63, 3.8) is 0 Å². The lowest BCUT2D eigenvalue weighted by Crippen LogP contribution is -2.51. The molecule has 0 aromatic carbocycles. The van der Waals surface area contributed by atoms with Gasteiger partial charge in [-0.05, 0) is 38.8 Å². The lowest BCUT2D eigenvalue weighted by Gasteiger charge is -2.38. The molecule has 0 aromatic heterocycles. The van der Waals surface area contributed by atoms with E-state index in [4.69, 9.17) is 0 Å². The number of nitrogens with zero attached hydrogens (tertiary/aromatic N) is 1. The van der Waals surface area contributed by atoms with Crippen LogP contribution in [0, 0.1) is 5.92 Å². The molecule has 0 saturated carbocycles. The van der Waals surface area contributed by atoms with Gasteiger partial charge in [0, 0.05) is 6.42 Å². The van der Waals surface area contributed by atoms with Crippen molar-refractivity contribution in [3.8, 4) is 0 Å². The van der Waals surface area contributed by atoms with Crippen LogP contribution in [0.15, 0.2) is 0 Å². The Labute approximate surface area is 101 Å². The number of hydrogen-bond donors (Lipinski definition) is 0. The summed E-state index contributed by atoms with van der Waals surface area (Å²) in [5.41, 5.74) is -0.252. The number of Topliss-reactive ketones (excluding diaryl/α,β-unsaturated/α-hetero) is 1. The Bertz CT molecular complexity index is 209. The summed E-state index contributed by atoms with van der Waals surface area (Å²) >= 11 is 0. The molecular formula is C14H29NO. The van der Waals surface area contributed by atoms with Crippen LogP contribution in [0.25, 0.3) is 0 Å². The summed E-state index contributed by atoms with van der Waals surface area (Å²) in [5, 5.41) is 0. The van der Waals surface area contributed by atoms with Gasteiger partial charge in [-0.2, -0.15) is 0 Å². The molecule has 0 aliphatic carbocycles. The minimum absolute atomic E-state index is 0.252. The molecular weight excluding hydrogens is 198 g/mol. The van der Waals surface area contributed by atoms with Crippen molar-refractivity contribution in [2.24, 2.45) is 5.92 Å². The summed E-state index contributed by atoms with van der Waals surface area (Å²) < 4.78 is 0. The Hall–Kier alpha value is -0.370. The third-order valence-electron chi connectivity index (χ3n) is 3.70. The van der Waals surface area contributed by atoms with Gasteiger partial charge in [0.1, 0.15) is 0 Å². The Balaban J connectivity index is 4.60. The molecule has 0 aliphatic heterocycles. The first kappa shape index (κ1) is 15.6. The van der Waals surface area contributed by atoms with Crippen LogP contribution in [0.4, 0.5) is 0 Å². The standard InChI is InChI=1S/C14H29NO/c1-7-14(6,15(8-2)9-3)13(16)11-10-12(4)5/h12H,7-11H2,1-6H3. The molecule has 1 atom stereocenters. The summed E-state index contributed by atoms with van der Waals surface area (Å²) in [4.78, 5) is 14.6. The smallest absolute Gasteiger partial charge is 0.152 e. The number of likely N-dealkylation sites (N-methyl/N-ethyl adjacent to an activating group) is 1. The summed E-state index contributed by atoms with van der Waals surface area (Å²) in [5.74, 6) is 1.02. The van der Waals surface area contributed by atoms with Crippen LogP contribution in [0.1, 0.15) is 60.8 Å². The van der Waals surface area contributed by atoms with Crippen LogP contribution >= 0.6 is 0 Å². The monoisotopic (exact) mass is 227 g/mol. The second kappa shape index (κ2) is 7.05. The van der Waals surface area contributed by atoms with E-state index in [2.05, 4.69) is 46.4 Å². The van der Waals surface area contributed by atoms with Crippen LogP contribution in [-0.4, -0.2) is 29.3 Å². The van der Waals surface area contributed by atoms with Gasteiger partial charge < -0.3 is 0 Å². The first-order valence-corrected chi connectivity index (χ1v) is 6.70. The number of carbonyl (C=O) groups excluding carboxylic acids is 1. The molecule has 0 aliphatic rings. The Morgan fingerprint density at radius 3 is 2.00 bits per heavy atom. The molecule has 0 bridgehead atoms. The van der Waals surface area contributed by atoms with Crippen LogP contribution in [0.3, 0.4) is 0 Å². The summed E-state index contributed by atoms with van der Waals surface area (Å²) in [6.07, 6.45) is 2.64. The van der Waals surface area contributed by atoms with E-state index in [9.17, 15) is 4.79 Å². The van der Waals surface area contributed by atoms with E-state index in [1.807, 2.05) is 0 Å². The van der Waals surface area contributed by atoms with E-state index in [1.54, 1.807) is 0 Å². The maximum absolute atomic E-state index is 12.3. The Kier molecular flexibility index (Phi) is 6.89. The lowest BCUT2D eigenvalue weighted by atomic mass is 9.87. The van der Waals surface area contributed by atoms with E-state index in [1.165, 1.54) is 0 Å². The molecule has 0 amide bonds. The van der Waals surface area contributed by atoms with Crippen molar-refractivity contribution >= 4 is 5.78 Å². The highest BCUT2D eigenvalue weighted by atomic mass is 16.1. The maximum atomic E-state index is 12.3. The zero-order chi connectivity index (χ0) is 12.8. The van der Waals surface area contributed by atoms with E-state index in [0.29, 0.717) is 11.7 Å². The zero-order valence-electron chi connectivity index (χ0n) is 12.0. The SMILES string of the molecule is CCN(CC)C(C)(CC)C(=O)CCC(C)C. The van der Waals surface area contributed by atoms with Gasteiger partial charge in [-0.3, -0.25) is 9.69 Å². The van der Waals surface area contributed by atoms with Gasteiger partial charge in [-0.15, -0.1) is 0 Å². The molecule has 0 saturated heterocycles. The van der Waals surface area contributed by atoms with Gasteiger partial charge in [0.25, 0.3) is 0 Å². The lowest BCUT2D eigenvalue weighted by molar-refractivity contribution is -0.130. The van der Waals surface area contributed by atoms with Crippen molar-refractivity contribution < 1.29 is 4.79 Å². The topological polar surface area (TPSA) is 20.3 Å². The second-order valence-corrected chi connectivity index (χ2v) is 5.16. The molecule has 0 aromatic rings. The summed E-state index contributed by atoms with van der Waals surface area (Å²) in [7, 11) is 0. The first-order valence-electron chi connectivity index (χ1n) is 6.70. The quantitative estimate of drug-likeness (QED) is 0.632. The average Bonchev–Trinajstić information content (AvgIpc) is 2.26. The fourth-order valence-corrected chi connectivity index (χ4v) is 2.21. The summed E-state index contributed by atoms with van der Waals surface area (Å²) in [6.45, 7) is 14.7. The predicted octanol–water partition coefficient (Wildman–Crippen LogP) is 3.50. The van der Waals surface area contributed by atoms with Crippen molar-refractivity contribution in [2.75, 3.05) is 13.1 Å². The Morgan fingerprint density at radius 2 is 1.69 bits per heavy atom. The second-order valence-electron chi connectivity index (χ2n) is 5.16. The molecule has 16 heavy (non-hydrogen) atoms. The molecule has 0 spiro atoms. The van der Waals surface area contributed by atoms with Crippen LogP contribution < -0.4 is 0 Å². The predicted molar refractivity (Wildman–Crippen MR) is 70.7 cm³/mol. The zero-order valence-corrected chi connectivity index (χ0v) is 12.0. The molecule has 0 fully saturated rings. The van der Waals surface area contributed by atoms with Gasteiger partial charge in [0.15, 0.2) is 5.78 Å².